The van der Waals surface area contributed by atoms with E-state index in [9.17, 15) is 0 Å². The first-order valence-corrected chi connectivity index (χ1v) is 23.5. The molecular weight excluding hydrogens is 889 g/mol. The average Bonchev–Trinajstić information content (AvgIpc) is 4.24. The number of hydrogen-bond donors (Lipinski definition) is 0. The number of hydrogen-bond acceptors (Lipinski definition) is 6. The van der Waals surface area contributed by atoms with Crippen LogP contribution in [0.5, 0.6) is 0 Å². The van der Waals surface area contributed by atoms with Gasteiger partial charge >= 0.3 is 0 Å². The Balaban J connectivity index is 0.874. The van der Waals surface area contributed by atoms with E-state index < -0.39 is 23.3 Å². The number of nitrogens with zero attached hydrogens (tertiary/aromatic N) is 2. The van der Waals surface area contributed by atoms with Crippen molar-refractivity contribution >= 4 is 89.2 Å². The van der Waals surface area contributed by atoms with Gasteiger partial charge in [-0.1, -0.05) is 72.8 Å². The van der Waals surface area contributed by atoms with Crippen LogP contribution in [0.25, 0.3) is 77.3 Å². The molecule has 70 heavy (non-hydrogen) atoms. The third-order valence-corrected chi connectivity index (χ3v) is 14.2. The average molecular weight is 927 g/mol. The number of para-hydroxylation sites is 4. The zero-order chi connectivity index (χ0) is 46.8. The fraction of sp³-hybridized carbons (Fsp3) is 0.100. The zero-order valence-corrected chi connectivity index (χ0v) is 37.3. The van der Waals surface area contributed by atoms with Crippen molar-refractivity contribution in [2.24, 2.45) is 0 Å². The molecule has 0 unspecified atom stereocenters. The van der Waals surface area contributed by atoms with Crippen LogP contribution in [-0.4, -0.2) is 0 Å². The first-order valence-electron chi connectivity index (χ1n) is 23.5. The first-order chi connectivity index (χ1) is 34.4. The van der Waals surface area contributed by atoms with Gasteiger partial charge < -0.3 is 17.7 Å². The smallest absolute Gasteiger partial charge is 0.206 e. The predicted molar refractivity (Wildman–Crippen MR) is 267 cm³/mol. The van der Waals surface area contributed by atoms with Gasteiger partial charge in [0.15, 0.2) is 45.6 Å². The number of rotatable bonds is 8. The number of fused-ring (bicyclic) bond motifs is 4. The maximum Gasteiger partial charge on any atom is 0.206 e. The second-order valence-corrected chi connectivity index (χ2v) is 18.2. The lowest BCUT2D eigenvalue weighted by atomic mass is 9.76. The van der Waals surface area contributed by atoms with Gasteiger partial charge in [-0.3, -0.25) is 9.80 Å². The van der Waals surface area contributed by atoms with Crippen LogP contribution < -0.4 is 9.80 Å². The Morgan fingerprint density at radius 2 is 0.657 bits per heavy atom. The molecule has 0 bridgehead atoms. The van der Waals surface area contributed by atoms with Crippen molar-refractivity contribution in [3.8, 4) is 22.6 Å². The zero-order valence-electron chi connectivity index (χ0n) is 37.3. The summed E-state index contributed by atoms with van der Waals surface area (Å²) >= 11 is 0. The maximum atomic E-state index is 16.7. The molecule has 6 nitrogen and oxygen atoms in total. The van der Waals surface area contributed by atoms with E-state index >= 15 is 17.6 Å². The third-order valence-electron chi connectivity index (χ3n) is 14.2. The minimum atomic E-state index is -0.703. The van der Waals surface area contributed by atoms with Crippen molar-refractivity contribution in [2.45, 2.75) is 38.5 Å². The van der Waals surface area contributed by atoms with Gasteiger partial charge in [-0.05, 0) is 144 Å². The van der Waals surface area contributed by atoms with Gasteiger partial charge in [0, 0.05) is 46.0 Å². The standard InChI is InChI=1S/C60H38F4N2O4/c61-53-43-29-47(67-57(43)55(63)45-31-49(69-59(45)53)65(35-17-5-1-6-18-35)36-19-7-2-8-20-36)41-27-33-15-14-26-40-42(28-34-16-13-25-39(41)51(34)52(33)40)48-30-44-54(62)60-46(56(64)58(44)68-48)32-50(70-60)66(37-21-9-3-10-22-37)38-23-11-4-12-24-38/h1-12,17-24,27-32H,13-16,25-26H2. The topological polar surface area (TPSA) is 59.0 Å². The van der Waals surface area contributed by atoms with Gasteiger partial charge in [-0.15, -0.1) is 0 Å². The van der Waals surface area contributed by atoms with Crippen molar-refractivity contribution in [1.29, 1.82) is 0 Å². The largest absolute Gasteiger partial charge is 0.453 e. The normalized spacial score (nSPS) is 13.4. The Kier molecular flexibility index (Phi) is 8.99. The Morgan fingerprint density at radius 1 is 0.343 bits per heavy atom. The molecule has 340 valence electrons. The van der Waals surface area contributed by atoms with E-state index in [4.69, 9.17) is 17.7 Å². The van der Waals surface area contributed by atoms with E-state index in [0.717, 1.165) is 105 Å². The molecule has 0 atom stereocenters. The summed E-state index contributed by atoms with van der Waals surface area (Å²) in [4.78, 5) is 3.64. The SMILES string of the molecule is Fc1c2cc(N(c3ccccc3)c3ccccc3)oc2c(F)c2cc(-c3cc4c5c(c(-c6cc7c(F)c8oc(N(c9ccccc9)c9ccccc9)cc8c(F)c7o6)cc6c5c3CCC6)CCC4)oc12. The van der Waals surface area contributed by atoms with Crippen molar-refractivity contribution < 1.29 is 35.2 Å². The second-order valence-electron chi connectivity index (χ2n) is 18.2. The van der Waals surface area contributed by atoms with Crippen LogP contribution in [0.3, 0.4) is 0 Å². The highest BCUT2D eigenvalue weighted by Crippen LogP contribution is 2.50. The molecule has 14 rings (SSSR count). The molecule has 2 aliphatic carbocycles. The first kappa shape index (κ1) is 40.6. The molecule has 8 aromatic carbocycles. The Hall–Kier alpha value is -8.50. The lowest BCUT2D eigenvalue weighted by molar-refractivity contribution is 0.554. The van der Waals surface area contributed by atoms with E-state index in [1.54, 1.807) is 12.1 Å². The highest BCUT2D eigenvalue weighted by atomic mass is 19.1. The molecule has 0 aliphatic heterocycles. The van der Waals surface area contributed by atoms with Gasteiger partial charge in [0.2, 0.25) is 11.8 Å². The summed E-state index contributed by atoms with van der Waals surface area (Å²) in [7, 11) is 0. The van der Waals surface area contributed by atoms with Crippen LogP contribution in [0, 0.1) is 23.3 Å². The molecular formula is C60H38F4N2O4. The molecule has 2 aliphatic rings. The third kappa shape index (κ3) is 6.05. The summed E-state index contributed by atoms with van der Waals surface area (Å²) in [5.41, 5.74) is 8.14. The van der Waals surface area contributed by atoms with Crippen molar-refractivity contribution in [3.05, 3.63) is 203 Å². The van der Waals surface area contributed by atoms with E-state index in [-0.39, 0.29) is 55.6 Å². The molecule has 0 saturated heterocycles. The minimum absolute atomic E-state index is 0.00274. The Morgan fingerprint density at radius 3 is 1.00 bits per heavy atom. The van der Waals surface area contributed by atoms with Crippen molar-refractivity contribution in [3.63, 3.8) is 0 Å². The molecule has 0 spiro atoms. The van der Waals surface area contributed by atoms with E-state index in [0.29, 0.717) is 11.5 Å². The fourth-order valence-corrected chi connectivity index (χ4v) is 11.1. The highest BCUT2D eigenvalue weighted by Gasteiger charge is 2.32. The molecule has 0 saturated carbocycles. The van der Waals surface area contributed by atoms with Gasteiger partial charge in [0.1, 0.15) is 11.5 Å². The van der Waals surface area contributed by atoms with Crippen molar-refractivity contribution in [2.75, 3.05) is 9.80 Å². The Labute approximate surface area is 397 Å². The molecule has 10 heteroatoms. The van der Waals surface area contributed by atoms with Gasteiger partial charge in [0.05, 0.1) is 21.5 Å². The molecule has 4 heterocycles. The fourth-order valence-electron chi connectivity index (χ4n) is 11.1. The number of halogens is 4. The molecule has 0 N–H and O–H groups in total. The monoisotopic (exact) mass is 926 g/mol. The Bertz CT molecular complexity index is 3610. The van der Waals surface area contributed by atoms with Crippen LogP contribution in [0.15, 0.2) is 175 Å². The molecule has 0 radical (unpaired) electrons. The number of furan rings is 4. The lowest BCUT2D eigenvalue weighted by Gasteiger charge is -2.28. The van der Waals surface area contributed by atoms with Crippen LogP contribution in [0.4, 0.5) is 52.1 Å². The summed E-state index contributed by atoms with van der Waals surface area (Å²) in [5.74, 6) is -1.55. The summed E-state index contributed by atoms with van der Waals surface area (Å²) in [6.07, 6.45) is 4.63. The molecule has 4 aromatic heterocycles. The number of benzene rings is 8. The van der Waals surface area contributed by atoms with Gasteiger partial charge in [-0.2, -0.15) is 0 Å². The van der Waals surface area contributed by atoms with Crippen LogP contribution in [-0.2, 0) is 25.7 Å². The highest BCUT2D eigenvalue weighted by molar-refractivity contribution is 6.05. The summed E-state index contributed by atoms with van der Waals surface area (Å²) in [6, 6.07) is 48.5. The molecule has 12 aromatic rings. The van der Waals surface area contributed by atoms with Gasteiger partial charge in [0.25, 0.3) is 0 Å². The van der Waals surface area contributed by atoms with E-state index in [1.165, 1.54) is 12.1 Å². The lowest BCUT2D eigenvalue weighted by Crippen LogP contribution is -2.11. The van der Waals surface area contributed by atoms with E-state index in [2.05, 4.69) is 12.1 Å². The second kappa shape index (κ2) is 15.5. The van der Waals surface area contributed by atoms with Crippen LogP contribution in [0.2, 0.25) is 0 Å². The minimum Gasteiger partial charge on any atom is -0.453 e. The molecule has 0 amide bonds. The van der Waals surface area contributed by atoms with Crippen LogP contribution in [0.1, 0.15) is 35.1 Å². The maximum absolute atomic E-state index is 16.7. The van der Waals surface area contributed by atoms with Crippen LogP contribution >= 0.6 is 0 Å². The summed E-state index contributed by atoms with van der Waals surface area (Å²) in [6.45, 7) is 0. The predicted octanol–water partition coefficient (Wildman–Crippen LogP) is 17.6. The molecule has 0 fully saturated rings. The number of anilines is 6. The quantitative estimate of drug-likeness (QED) is 0.142. The van der Waals surface area contributed by atoms with E-state index in [1.807, 2.05) is 131 Å². The number of aryl methyl sites for hydroxylation is 4. The summed E-state index contributed by atoms with van der Waals surface area (Å²) in [5, 5.41) is 2.15. The summed E-state index contributed by atoms with van der Waals surface area (Å²) < 4.78 is 92.2. The van der Waals surface area contributed by atoms with Crippen molar-refractivity contribution in [1.82, 2.24) is 0 Å². The van der Waals surface area contributed by atoms with Gasteiger partial charge in [-0.25, -0.2) is 17.6 Å².